The summed E-state index contributed by atoms with van der Waals surface area (Å²) >= 11 is 0. The number of carbonyl (C=O) groups excluding carboxylic acids is 1. The Bertz CT molecular complexity index is 542. The van der Waals surface area contributed by atoms with Gasteiger partial charge in [0.2, 0.25) is 11.5 Å². The van der Waals surface area contributed by atoms with Gasteiger partial charge < -0.3 is 20.7 Å². The number of hydrogen-bond acceptors (Lipinski definition) is 4. The molecular weight excluding hydrogens is 313 g/mol. The van der Waals surface area contributed by atoms with Gasteiger partial charge >= 0.3 is 6.18 Å². The van der Waals surface area contributed by atoms with Crippen LogP contribution in [0.5, 0.6) is 0 Å². The predicted octanol–water partition coefficient (Wildman–Crippen LogP) is 1.19. The molecule has 0 spiro atoms. The highest BCUT2D eigenvalue weighted by Gasteiger charge is 2.57. The van der Waals surface area contributed by atoms with Crippen molar-refractivity contribution in [2.24, 2.45) is 12.8 Å². The first-order valence-electron chi connectivity index (χ1n) is 7.30. The van der Waals surface area contributed by atoms with Gasteiger partial charge in [-0.3, -0.25) is 4.79 Å². The minimum absolute atomic E-state index is 0.377. The molecule has 132 valence electrons. The third kappa shape index (κ3) is 4.23. The van der Waals surface area contributed by atoms with E-state index in [2.05, 4.69) is 10.3 Å². The Balaban J connectivity index is 2.83. The molecule has 23 heavy (non-hydrogen) atoms. The van der Waals surface area contributed by atoms with Gasteiger partial charge in [-0.05, 0) is 13.3 Å². The number of amides is 1. The summed E-state index contributed by atoms with van der Waals surface area (Å²) in [6.07, 6.45) is -2.13. The highest BCUT2D eigenvalue weighted by Crippen LogP contribution is 2.40. The van der Waals surface area contributed by atoms with Gasteiger partial charge in [-0.25, -0.2) is 4.98 Å². The van der Waals surface area contributed by atoms with Crippen molar-refractivity contribution >= 4 is 5.91 Å². The fourth-order valence-electron chi connectivity index (χ4n) is 2.34. The lowest BCUT2D eigenvalue weighted by atomic mass is 9.95. The Kier molecular flexibility index (Phi) is 5.81. The Hall–Kier alpha value is -1.61. The number of nitrogens with zero attached hydrogens (tertiary/aromatic N) is 2. The number of nitrogens with two attached hydrogens (primary N) is 1. The van der Waals surface area contributed by atoms with Crippen molar-refractivity contribution in [2.45, 2.75) is 50.4 Å². The molecular formula is C14H23F3N4O2. The Labute approximate surface area is 132 Å². The summed E-state index contributed by atoms with van der Waals surface area (Å²) in [4.78, 5) is 15.5. The van der Waals surface area contributed by atoms with Gasteiger partial charge in [0.15, 0.2) is 0 Å². The molecule has 2 atom stereocenters. The number of hydrogen-bond donors (Lipinski definition) is 3. The second-order valence-corrected chi connectivity index (χ2v) is 5.89. The molecule has 0 aromatic carbocycles. The monoisotopic (exact) mass is 336 g/mol. The quantitative estimate of drug-likeness (QED) is 0.697. The molecule has 1 aromatic rings. The van der Waals surface area contributed by atoms with E-state index in [1.165, 1.54) is 26.4 Å². The number of imidazole rings is 1. The van der Waals surface area contributed by atoms with Crippen molar-refractivity contribution < 1.29 is 23.1 Å². The van der Waals surface area contributed by atoms with Crippen LogP contribution in [0.15, 0.2) is 12.4 Å². The zero-order chi connectivity index (χ0) is 17.9. The molecule has 0 saturated heterocycles. The lowest BCUT2D eigenvalue weighted by Gasteiger charge is -2.30. The molecule has 9 heteroatoms. The van der Waals surface area contributed by atoms with E-state index < -0.39 is 35.5 Å². The van der Waals surface area contributed by atoms with Gasteiger partial charge in [0, 0.05) is 32.4 Å². The molecule has 0 aliphatic rings. The normalized spacial score (nSPS) is 17.4. The standard InChI is InChI=1S/C14H23F3N4O2/c1-4-5-12(2,18)11(22)20-7-6-13(23,14(15,16)17)10-19-8-9-21(10)3/h8-9,23H,4-7,18H2,1-3H3,(H,20,22). The SMILES string of the molecule is CCCC(C)(N)C(=O)NCCC(O)(c1nccn1C)C(F)(F)F. The molecule has 4 N–H and O–H groups in total. The molecule has 1 rings (SSSR count). The average molecular weight is 336 g/mol. The second kappa shape index (κ2) is 6.88. The van der Waals surface area contributed by atoms with Gasteiger partial charge in [-0.2, -0.15) is 13.2 Å². The van der Waals surface area contributed by atoms with Crippen LogP contribution < -0.4 is 11.1 Å². The summed E-state index contributed by atoms with van der Waals surface area (Å²) < 4.78 is 41.0. The van der Waals surface area contributed by atoms with E-state index in [0.29, 0.717) is 12.8 Å². The summed E-state index contributed by atoms with van der Waals surface area (Å²) in [7, 11) is 1.36. The maximum atomic E-state index is 13.3. The van der Waals surface area contributed by atoms with Crippen LogP contribution in [0.4, 0.5) is 13.2 Å². The van der Waals surface area contributed by atoms with E-state index in [-0.39, 0.29) is 6.54 Å². The summed E-state index contributed by atoms with van der Waals surface area (Å²) in [5.41, 5.74) is 1.51. The van der Waals surface area contributed by atoms with Gasteiger partial charge in [0.1, 0.15) is 5.82 Å². The molecule has 0 aliphatic heterocycles. The number of halogens is 3. The molecule has 0 radical (unpaired) electrons. The van der Waals surface area contributed by atoms with E-state index in [0.717, 1.165) is 4.57 Å². The predicted molar refractivity (Wildman–Crippen MR) is 78.3 cm³/mol. The van der Waals surface area contributed by atoms with Crippen LogP contribution in [-0.2, 0) is 17.4 Å². The first kappa shape index (κ1) is 19.4. The van der Waals surface area contributed by atoms with Crippen molar-refractivity contribution in [3.05, 3.63) is 18.2 Å². The maximum absolute atomic E-state index is 13.3. The van der Waals surface area contributed by atoms with E-state index in [1.807, 2.05) is 6.92 Å². The summed E-state index contributed by atoms with van der Waals surface area (Å²) in [5, 5.41) is 12.5. The Morgan fingerprint density at radius 2 is 2.04 bits per heavy atom. The molecule has 0 saturated carbocycles. The van der Waals surface area contributed by atoms with Crippen molar-refractivity contribution in [3.63, 3.8) is 0 Å². The smallest absolute Gasteiger partial charge is 0.374 e. The zero-order valence-electron chi connectivity index (χ0n) is 13.4. The number of aromatic nitrogens is 2. The van der Waals surface area contributed by atoms with Crippen LogP contribution >= 0.6 is 0 Å². The lowest BCUT2D eigenvalue weighted by Crippen LogP contribution is -2.53. The Morgan fingerprint density at radius 1 is 1.43 bits per heavy atom. The summed E-state index contributed by atoms with van der Waals surface area (Å²) in [5.74, 6) is -1.08. The zero-order valence-corrected chi connectivity index (χ0v) is 13.4. The minimum atomic E-state index is -4.92. The van der Waals surface area contributed by atoms with E-state index in [9.17, 15) is 23.1 Å². The number of rotatable bonds is 7. The highest BCUT2D eigenvalue weighted by atomic mass is 19.4. The van der Waals surface area contributed by atoms with Crippen molar-refractivity contribution in [2.75, 3.05) is 6.54 Å². The molecule has 0 aliphatic carbocycles. The highest BCUT2D eigenvalue weighted by molar-refractivity contribution is 5.85. The van der Waals surface area contributed by atoms with Crippen LogP contribution in [0.1, 0.15) is 38.9 Å². The molecule has 1 amide bonds. The second-order valence-electron chi connectivity index (χ2n) is 5.89. The fourth-order valence-corrected chi connectivity index (χ4v) is 2.34. The van der Waals surface area contributed by atoms with Crippen LogP contribution in [0.2, 0.25) is 0 Å². The van der Waals surface area contributed by atoms with E-state index >= 15 is 0 Å². The molecule has 0 bridgehead atoms. The number of alkyl halides is 3. The molecule has 1 aromatic heterocycles. The largest absolute Gasteiger partial charge is 0.424 e. The first-order valence-corrected chi connectivity index (χ1v) is 7.30. The topological polar surface area (TPSA) is 93.2 Å². The Morgan fingerprint density at radius 3 is 2.48 bits per heavy atom. The molecule has 6 nitrogen and oxygen atoms in total. The van der Waals surface area contributed by atoms with E-state index in [4.69, 9.17) is 5.73 Å². The van der Waals surface area contributed by atoms with E-state index in [1.54, 1.807) is 0 Å². The summed E-state index contributed by atoms with van der Waals surface area (Å²) in [6.45, 7) is 2.99. The number of carbonyl (C=O) groups is 1. The summed E-state index contributed by atoms with van der Waals surface area (Å²) in [6, 6.07) is 0. The van der Waals surface area contributed by atoms with Crippen LogP contribution in [0, 0.1) is 0 Å². The molecule has 1 heterocycles. The average Bonchev–Trinajstić information content (AvgIpc) is 2.83. The van der Waals surface area contributed by atoms with Crippen molar-refractivity contribution in [1.29, 1.82) is 0 Å². The van der Waals surface area contributed by atoms with Gasteiger partial charge in [-0.1, -0.05) is 13.3 Å². The van der Waals surface area contributed by atoms with Crippen LogP contribution in [0.25, 0.3) is 0 Å². The third-order valence-corrected chi connectivity index (χ3v) is 3.72. The number of nitrogens with one attached hydrogen (secondary N) is 1. The lowest BCUT2D eigenvalue weighted by molar-refractivity contribution is -0.272. The third-order valence-electron chi connectivity index (χ3n) is 3.72. The molecule has 2 unspecified atom stereocenters. The van der Waals surface area contributed by atoms with Gasteiger partial charge in [0.05, 0.1) is 5.54 Å². The fraction of sp³-hybridized carbons (Fsp3) is 0.714. The van der Waals surface area contributed by atoms with Crippen LogP contribution in [0.3, 0.4) is 0 Å². The minimum Gasteiger partial charge on any atom is -0.374 e. The first-order chi connectivity index (χ1) is 10.5. The maximum Gasteiger partial charge on any atom is 0.424 e. The number of aryl methyl sites for hydroxylation is 1. The van der Waals surface area contributed by atoms with Crippen molar-refractivity contribution in [3.8, 4) is 0 Å². The van der Waals surface area contributed by atoms with Gasteiger partial charge in [0.25, 0.3) is 0 Å². The van der Waals surface area contributed by atoms with Crippen molar-refractivity contribution in [1.82, 2.24) is 14.9 Å². The number of aliphatic hydroxyl groups is 1. The van der Waals surface area contributed by atoms with Gasteiger partial charge in [-0.15, -0.1) is 0 Å². The molecule has 0 fully saturated rings. The van der Waals surface area contributed by atoms with Crippen LogP contribution in [-0.4, -0.2) is 38.8 Å².